The smallest absolute Gasteiger partial charge is 0.336 e. The lowest BCUT2D eigenvalue weighted by Gasteiger charge is -2.07. The van der Waals surface area contributed by atoms with Crippen LogP contribution in [0.3, 0.4) is 0 Å². The molecule has 0 unspecified atom stereocenters. The molecule has 0 aliphatic rings. The zero-order valence-electron chi connectivity index (χ0n) is 16.9. The van der Waals surface area contributed by atoms with E-state index < -0.39 is 5.69 Å². The highest BCUT2D eigenvalue weighted by Crippen LogP contribution is 2.18. The van der Waals surface area contributed by atoms with Gasteiger partial charge in [-0.05, 0) is 43.2 Å². The van der Waals surface area contributed by atoms with Crippen molar-refractivity contribution in [1.82, 2.24) is 19.3 Å². The van der Waals surface area contributed by atoms with Gasteiger partial charge < -0.3 is 5.32 Å². The second kappa shape index (κ2) is 8.49. The molecule has 1 amide bonds. The first kappa shape index (κ1) is 21.0. The molecule has 0 saturated heterocycles. The van der Waals surface area contributed by atoms with E-state index in [0.29, 0.717) is 26.8 Å². The van der Waals surface area contributed by atoms with Gasteiger partial charge in [0.15, 0.2) is 0 Å². The molecule has 9 heteroatoms. The summed E-state index contributed by atoms with van der Waals surface area (Å²) in [5, 5.41) is 3.41. The van der Waals surface area contributed by atoms with Crippen LogP contribution in [0, 0.1) is 13.8 Å². The van der Waals surface area contributed by atoms with E-state index in [0.717, 1.165) is 32.7 Å². The Morgan fingerprint density at radius 3 is 2.48 bits per heavy atom. The molecule has 1 N–H and O–H groups in total. The molecule has 0 spiro atoms. The standard InChI is InChI=1S/C22H19ClN4O3S/c1-13-3-4-16(9-24-13)10-25-19(28)18-12-27-21(31-18)14(2)20(29)26(22(27)30)11-15-5-7-17(23)8-6-15/h3-9,12H,10-11H2,1-2H3,(H,25,28). The number of carbonyl (C=O) groups is 1. The summed E-state index contributed by atoms with van der Waals surface area (Å²) >= 11 is 7.03. The van der Waals surface area contributed by atoms with Crippen molar-refractivity contribution >= 4 is 33.7 Å². The third kappa shape index (κ3) is 4.30. The van der Waals surface area contributed by atoms with Gasteiger partial charge in [0.05, 0.1) is 6.54 Å². The molecule has 4 rings (SSSR count). The van der Waals surface area contributed by atoms with Crippen molar-refractivity contribution in [1.29, 1.82) is 0 Å². The van der Waals surface area contributed by atoms with Crippen LogP contribution in [0.4, 0.5) is 0 Å². The van der Waals surface area contributed by atoms with Gasteiger partial charge in [-0.2, -0.15) is 0 Å². The Bertz CT molecular complexity index is 1390. The first-order chi connectivity index (χ1) is 14.8. The number of hydrogen-bond donors (Lipinski definition) is 1. The molecule has 0 bridgehead atoms. The van der Waals surface area contributed by atoms with E-state index in [-0.39, 0.29) is 18.0 Å². The third-order valence-electron chi connectivity index (χ3n) is 4.90. The summed E-state index contributed by atoms with van der Waals surface area (Å²) in [5.41, 5.74) is 2.10. The lowest BCUT2D eigenvalue weighted by Crippen LogP contribution is -2.38. The Hall–Kier alpha value is -3.23. The van der Waals surface area contributed by atoms with Gasteiger partial charge in [0, 0.05) is 35.2 Å². The zero-order chi connectivity index (χ0) is 22.1. The molecule has 7 nitrogen and oxygen atoms in total. The van der Waals surface area contributed by atoms with Crippen LogP contribution in [-0.4, -0.2) is 19.9 Å². The van der Waals surface area contributed by atoms with Crippen molar-refractivity contribution in [2.24, 2.45) is 0 Å². The molecule has 0 radical (unpaired) electrons. The van der Waals surface area contributed by atoms with Crippen LogP contribution in [0.1, 0.15) is 32.1 Å². The maximum Gasteiger partial charge on any atom is 0.336 e. The summed E-state index contributed by atoms with van der Waals surface area (Å²) in [6, 6.07) is 10.7. The van der Waals surface area contributed by atoms with Crippen LogP contribution < -0.4 is 16.6 Å². The Morgan fingerprint density at radius 1 is 1.10 bits per heavy atom. The molecule has 0 aliphatic heterocycles. The Morgan fingerprint density at radius 2 is 1.81 bits per heavy atom. The van der Waals surface area contributed by atoms with Gasteiger partial charge >= 0.3 is 5.69 Å². The molecule has 4 aromatic rings. The highest BCUT2D eigenvalue weighted by atomic mass is 35.5. The number of halogens is 1. The van der Waals surface area contributed by atoms with Gasteiger partial charge in [-0.3, -0.25) is 23.5 Å². The van der Waals surface area contributed by atoms with E-state index in [4.69, 9.17) is 11.6 Å². The summed E-state index contributed by atoms with van der Waals surface area (Å²) < 4.78 is 2.53. The number of thiazole rings is 1. The van der Waals surface area contributed by atoms with Gasteiger partial charge in [-0.1, -0.05) is 29.8 Å². The molecule has 0 fully saturated rings. The number of nitrogens with zero attached hydrogens (tertiary/aromatic N) is 3. The molecular weight excluding hydrogens is 436 g/mol. The predicted octanol–water partition coefficient (Wildman–Crippen LogP) is 3.17. The topological polar surface area (TPSA) is 85.5 Å². The summed E-state index contributed by atoms with van der Waals surface area (Å²) in [7, 11) is 0. The van der Waals surface area contributed by atoms with Crippen LogP contribution in [0.2, 0.25) is 5.02 Å². The zero-order valence-corrected chi connectivity index (χ0v) is 18.5. The van der Waals surface area contributed by atoms with Crippen LogP contribution in [0.25, 0.3) is 4.83 Å². The van der Waals surface area contributed by atoms with Gasteiger partial charge in [0.25, 0.3) is 11.5 Å². The second-order valence-corrected chi connectivity index (χ2v) is 8.65. The number of hydrogen-bond acceptors (Lipinski definition) is 5. The minimum absolute atomic E-state index is 0.121. The number of carbonyl (C=O) groups excluding carboxylic acids is 1. The summed E-state index contributed by atoms with van der Waals surface area (Å²) in [4.78, 5) is 43.5. The third-order valence-corrected chi connectivity index (χ3v) is 6.36. The Balaban J connectivity index is 1.64. The highest BCUT2D eigenvalue weighted by molar-refractivity contribution is 7.19. The Labute approximate surface area is 186 Å². The van der Waals surface area contributed by atoms with Gasteiger partial charge in [-0.25, -0.2) is 4.79 Å². The number of fused-ring (bicyclic) bond motifs is 1. The minimum atomic E-state index is -0.487. The molecular formula is C22H19ClN4O3S. The van der Waals surface area contributed by atoms with E-state index in [1.54, 1.807) is 37.4 Å². The van der Waals surface area contributed by atoms with Gasteiger partial charge in [0.2, 0.25) is 0 Å². The minimum Gasteiger partial charge on any atom is -0.347 e. The van der Waals surface area contributed by atoms with E-state index in [1.165, 1.54) is 10.6 Å². The van der Waals surface area contributed by atoms with Crippen LogP contribution in [-0.2, 0) is 13.1 Å². The number of pyridine rings is 1. The number of amides is 1. The van der Waals surface area contributed by atoms with Crippen molar-refractivity contribution < 1.29 is 4.79 Å². The van der Waals surface area contributed by atoms with Crippen molar-refractivity contribution in [3.05, 3.63) is 102 Å². The summed E-state index contributed by atoms with van der Waals surface area (Å²) in [5.74, 6) is -0.315. The molecule has 1 aromatic carbocycles. The number of rotatable bonds is 5. The predicted molar refractivity (Wildman–Crippen MR) is 121 cm³/mol. The summed E-state index contributed by atoms with van der Waals surface area (Å²) in [6.07, 6.45) is 3.19. The normalized spacial score (nSPS) is 11.1. The fraction of sp³-hybridized carbons (Fsp3) is 0.182. The summed E-state index contributed by atoms with van der Waals surface area (Å²) in [6.45, 7) is 3.99. The molecule has 3 aromatic heterocycles. The van der Waals surface area contributed by atoms with E-state index in [2.05, 4.69) is 10.3 Å². The molecule has 3 heterocycles. The molecule has 0 atom stereocenters. The first-order valence-electron chi connectivity index (χ1n) is 9.53. The monoisotopic (exact) mass is 454 g/mol. The highest BCUT2D eigenvalue weighted by Gasteiger charge is 2.17. The van der Waals surface area contributed by atoms with E-state index in [9.17, 15) is 14.4 Å². The number of nitrogens with one attached hydrogen (secondary N) is 1. The van der Waals surface area contributed by atoms with Crippen LogP contribution in [0.15, 0.2) is 58.4 Å². The van der Waals surface area contributed by atoms with Gasteiger partial charge in [0.1, 0.15) is 9.71 Å². The molecule has 0 saturated carbocycles. The lowest BCUT2D eigenvalue weighted by atomic mass is 10.2. The average molecular weight is 455 g/mol. The number of aromatic nitrogens is 3. The molecule has 31 heavy (non-hydrogen) atoms. The van der Waals surface area contributed by atoms with E-state index in [1.807, 2.05) is 19.1 Å². The number of aryl methyl sites for hydroxylation is 2. The lowest BCUT2D eigenvalue weighted by molar-refractivity contribution is 0.0954. The van der Waals surface area contributed by atoms with Crippen molar-refractivity contribution in [3.63, 3.8) is 0 Å². The maximum atomic E-state index is 13.0. The molecule has 158 valence electrons. The fourth-order valence-electron chi connectivity index (χ4n) is 3.15. The molecule has 0 aliphatic carbocycles. The van der Waals surface area contributed by atoms with Gasteiger partial charge in [-0.15, -0.1) is 11.3 Å². The van der Waals surface area contributed by atoms with Crippen LogP contribution >= 0.6 is 22.9 Å². The SMILES string of the molecule is Cc1ccc(CNC(=O)c2cn3c(=O)n(Cc4ccc(Cl)cc4)c(=O)c(C)c3s2)cn1. The second-order valence-electron chi connectivity index (χ2n) is 7.19. The maximum absolute atomic E-state index is 13.0. The average Bonchev–Trinajstić information content (AvgIpc) is 3.22. The largest absolute Gasteiger partial charge is 0.347 e. The van der Waals surface area contributed by atoms with E-state index >= 15 is 0 Å². The quantitative estimate of drug-likeness (QED) is 0.502. The van der Waals surface area contributed by atoms with Crippen molar-refractivity contribution in [3.8, 4) is 0 Å². The van der Waals surface area contributed by atoms with Crippen LogP contribution in [0.5, 0.6) is 0 Å². The number of benzene rings is 1. The van der Waals surface area contributed by atoms with Crippen molar-refractivity contribution in [2.75, 3.05) is 0 Å². The first-order valence-corrected chi connectivity index (χ1v) is 10.7. The fourth-order valence-corrected chi connectivity index (χ4v) is 4.28. The Kier molecular flexibility index (Phi) is 5.75. The van der Waals surface area contributed by atoms with Crippen molar-refractivity contribution in [2.45, 2.75) is 26.9 Å².